The average Bonchev–Trinajstić information content (AvgIpc) is 2.66. The molecule has 0 saturated carbocycles. The molecule has 0 atom stereocenters. The maximum Gasteiger partial charge on any atom is 0.281 e. The van der Waals surface area contributed by atoms with E-state index in [1.165, 1.54) is 7.05 Å². The Balaban J connectivity index is 2.44. The highest BCUT2D eigenvalue weighted by Gasteiger charge is 2.24. The number of hydrogen-bond donors (Lipinski definition) is 1. The Kier molecular flexibility index (Phi) is 4.24. The number of halogens is 4. The Morgan fingerprint density at radius 2 is 1.90 bits per heavy atom. The minimum Gasteiger partial charge on any atom is -0.278 e. The molecular weight excluding hydrogens is 398 g/mol. The van der Waals surface area contributed by atoms with Gasteiger partial charge in [0.2, 0.25) is 5.03 Å². The first-order chi connectivity index (χ1) is 9.22. The van der Waals surface area contributed by atoms with Gasteiger partial charge in [-0.3, -0.25) is 4.72 Å². The van der Waals surface area contributed by atoms with Crippen LogP contribution in [0.1, 0.15) is 0 Å². The smallest absolute Gasteiger partial charge is 0.278 e. The molecule has 0 saturated heterocycles. The number of aryl methyl sites for hydroxylation is 1. The molecule has 0 spiro atoms. The zero-order valence-electron chi connectivity index (χ0n) is 9.73. The Hall–Kier alpha value is -0.900. The third-order valence-electron chi connectivity index (χ3n) is 2.23. The standard InChI is InChI=1S/C9H6BrCl2FN4O2S/c1-17-9(8(10)14-16-17)20(18,19)15-4-2-5(11)7(13)6(12)3-4/h2-3,15H,1H3. The number of benzene rings is 1. The van der Waals surface area contributed by atoms with E-state index in [0.717, 1.165) is 16.8 Å². The molecular formula is C9H6BrCl2FN4O2S. The van der Waals surface area contributed by atoms with Crippen molar-refractivity contribution in [2.75, 3.05) is 4.72 Å². The number of nitrogens with one attached hydrogen (secondary N) is 1. The lowest BCUT2D eigenvalue weighted by Gasteiger charge is -2.09. The molecule has 0 aliphatic carbocycles. The molecule has 0 fully saturated rings. The molecule has 0 unspecified atom stereocenters. The van der Waals surface area contributed by atoms with E-state index in [1.54, 1.807) is 0 Å². The maximum atomic E-state index is 13.3. The van der Waals surface area contributed by atoms with E-state index >= 15 is 0 Å². The summed E-state index contributed by atoms with van der Waals surface area (Å²) in [6.07, 6.45) is 0. The summed E-state index contributed by atoms with van der Waals surface area (Å²) in [5.41, 5.74) is 0.0227. The number of sulfonamides is 1. The van der Waals surface area contributed by atoms with Crippen LogP contribution < -0.4 is 4.72 Å². The van der Waals surface area contributed by atoms with Crippen LogP contribution in [0.3, 0.4) is 0 Å². The molecule has 0 aliphatic heterocycles. The first-order valence-corrected chi connectivity index (χ1v) is 7.98. The SMILES string of the molecule is Cn1nnc(Br)c1S(=O)(=O)Nc1cc(Cl)c(F)c(Cl)c1. The number of anilines is 1. The molecule has 6 nitrogen and oxygen atoms in total. The zero-order chi connectivity index (χ0) is 15.1. The van der Waals surface area contributed by atoms with E-state index in [0.29, 0.717) is 0 Å². The normalized spacial score (nSPS) is 11.7. The second-order valence-corrected chi connectivity index (χ2v) is 6.83. The van der Waals surface area contributed by atoms with Gasteiger partial charge in [0.05, 0.1) is 15.7 Å². The Labute approximate surface area is 132 Å². The minimum absolute atomic E-state index is 0.0227. The lowest BCUT2D eigenvalue weighted by Crippen LogP contribution is -2.17. The van der Waals surface area contributed by atoms with Gasteiger partial charge in [0.25, 0.3) is 10.0 Å². The third kappa shape index (κ3) is 2.90. The van der Waals surface area contributed by atoms with Crippen molar-refractivity contribution in [3.8, 4) is 0 Å². The van der Waals surface area contributed by atoms with Crippen molar-refractivity contribution < 1.29 is 12.8 Å². The van der Waals surface area contributed by atoms with Crippen molar-refractivity contribution in [1.82, 2.24) is 15.0 Å². The lowest BCUT2D eigenvalue weighted by atomic mass is 10.3. The third-order valence-corrected chi connectivity index (χ3v) is 5.05. The lowest BCUT2D eigenvalue weighted by molar-refractivity contribution is 0.578. The Morgan fingerprint density at radius 1 is 1.35 bits per heavy atom. The molecule has 108 valence electrons. The molecule has 20 heavy (non-hydrogen) atoms. The van der Waals surface area contributed by atoms with Crippen LogP contribution in [0, 0.1) is 5.82 Å². The van der Waals surface area contributed by atoms with E-state index in [4.69, 9.17) is 23.2 Å². The maximum absolute atomic E-state index is 13.3. The second kappa shape index (κ2) is 5.47. The number of hydrogen-bond acceptors (Lipinski definition) is 4. The predicted octanol–water partition coefficient (Wildman–Crippen LogP) is 2.82. The molecule has 11 heteroatoms. The molecule has 1 aromatic carbocycles. The van der Waals surface area contributed by atoms with Crippen LogP contribution in [0.15, 0.2) is 21.8 Å². The van der Waals surface area contributed by atoms with Gasteiger partial charge in [0.1, 0.15) is 0 Å². The zero-order valence-corrected chi connectivity index (χ0v) is 13.6. The van der Waals surface area contributed by atoms with Crippen molar-refractivity contribution >= 4 is 54.8 Å². The topological polar surface area (TPSA) is 76.9 Å². The monoisotopic (exact) mass is 402 g/mol. The van der Waals surface area contributed by atoms with Gasteiger partial charge in [-0.1, -0.05) is 28.4 Å². The second-order valence-electron chi connectivity index (χ2n) is 3.67. The van der Waals surface area contributed by atoms with E-state index in [1.807, 2.05) is 0 Å². The van der Waals surface area contributed by atoms with E-state index in [2.05, 4.69) is 31.0 Å². The summed E-state index contributed by atoms with van der Waals surface area (Å²) in [7, 11) is -2.56. The van der Waals surface area contributed by atoms with E-state index < -0.39 is 15.8 Å². The predicted molar refractivity (Wildman–Crippen MR) is 75.9 cm³/mol. The number of nitrogens with zero attached hydrogens (tertiary/aromatic N) is 3. The summed E-state index contributed by atoms with van der Waals surface area (Å²) < 4.78 is 41.0. The van der Waals surface area contributed by atoms with Crippen molar-refractivity contribution in [3.63, 3.8) is 0 Å². The van der Waals surface area contributed by atoms with Gasteiger partial charge in [-0.15, -0.1) is 5.10 Å². The highest BCUT2D eigenvalue weighted by atomic mass is 79.9. The van der Waals surface area contributed by atoms with Crippen LogP contribution in [0.25, 0.3) is 0 Å². The van der Waals surface area contributed by atoms with Gasteiger partial charge < -0.3 is 0 Å². The quantitative estimate of drug-likeness (QED) is 0.799. The first-order valence-electron chi connectivity index (χ1n) is 4.95. The summed E-state index contributed by atoms with van der Waals surface area (Å²) in [4.78, 5) is 0. The van der Waals surface area contributed by atoms with Crippen molar-refractivity contribution in [1.29, 1.82) is 0 Å². The summed E-state index contributed by atoms with van der Waals surface area (Å²) in [5, 5.41) is 6.36. The van der Waals surface area contributed by atoms with Crippen LogP contribution in [0.5, 0.6) is 0 Å². The van der Waals surface area contributed by atoms with E-state index in [-0.39, 0.29) is 25.4 Å². The molecule has 1 heterocycles. The number of rotatable bonds is 3. The van der Waals surface area contributed by atoms with Gasteiger partial charge in [0.15, 0.2) is 10.4 Å². The first kappa shape index (κ1) is 15.5. The van der Waals surface area contributed by atoms with Crippen LogP contribution in [-0.2, 0) is 17.1 Å². The summed E-state index contributed by atoms with van der Waals surface area (Å²) in [6, 6.07) is 2.22. The molecule has 0 amide bonds. The van der Waals surface area contributed by atoms with Crippen LogP contribution >= 0.6 is 39.1 Å². The molecule has 0 radical (unpaired) electrons. The molecule has 0 aliphatic rings. The van der Waals surface area contributed by atoms with Gasteiger partial charge in [0, 0.05) is 7.05 Å². The highest BCUT2D eigenvalue weighted by Crippen LogP contribution is 2.29. The summed E-state index contributed by atoms with van der Waals surface area (Å²) >= 11 is 14.2. The highest BCUT2D eigenvalue weighted by molar-refractivity contribution is 9.10. The van der Waals surface area contributed by atoms with Crippen molar-refractivity contribution in [2.45, 2.75) is 5.03 Å². The Bertz CT molecular complexity index is 738. The van der Waals surface area contributed by atoms with Crippen LogP contribution in [-0.4, -0.2) is 23.4 Å². The fraction of sp³-hybridized carbons (Fsp3) is 0.111. The fourth-order valence-electron chi connectivity index (χ4n) is 1.43. The van der Waals surface area contributed by atoms with Crippen LogP contribution in [0.2, 0.25) is 10.0 Å². The van der Waals surface area contributed by atoms with Gasteiger partial charge in [-0.05, 0) is 28.1 Å². The Morgan fingerprint density at radius 3 is 2.35 bits per heavy atom. The summed E-state index contributed by atoms with van der Waals surface area (Å²) in [6.45, 7) is 0. The van der Waals surface area contributed by atoms with Crippen molar-refractivity contribution in [2.24, 2.45) is 7.05 Å². The molecule has 1 N–H and O–H groups in total. The van der Waals surface area contributed by atoms with Crippen molar-refractivity contribution in [3.05, 3.63) is 32.6 Å². The van der Waals surface area contributed by atoms with Gasteiger partial charge >= 0.3 is 0 Å². The number of aromatic nitrogens is 3. The largest absolute Gasteiger partial charge is 0.281 e. The molecule has 2 rings (SSSR count). The molecule has 2 aromatic rings. The van der Waals surface area contributed by atoms with E-state index in [9.17, 15) is 12.8 Å². The average molecular weight is 404 g/mol. The van der Waals surface area contributed by atoms with Gasteiger partial charge in [-0.25, -0.2) is 9.07 Å². The minimum atomic E-state index is -3.98. The fourth-order valence-corrected chi connectivity index (χ4v) is 4.05. The van der Waals surface area contributed by atoms with Crippen LogP contribution in [0.4, 0.5) is 10.1 Å². The summed E-state index contributed by atoms with van der Waals surface area (Å²) in [5.74, 6) is -0.820. The van der Waals surface area contributed by atoms with Gasteiger partial charge in [-0.2, -0.15) is 8.42 Å². The molecule has 1 aromatic heterocycles. The molecule has 0 bridgehead atoms.